The van der Waals surface area contributed by atoms with Crippen LogP contribution in [0.4, 0.5) is 0 Å². The molecule has 2 aromatic heterocycles. The first-order valence-electron chi connectivity index (χ1n) is 5.44. The van der Waals surface area contributed by atoms with Crippen molar-refractivity contribution in [2.45, 2.75) is 20.3 Å². The molecular formula is C12H11Br2ClN2O. The number of furan rings is 1. The fraction of sp³-hybridized carbons (Fsp3) is 0.333. The van der Waals surface area contributed by atoms with E-state index in [9.17, 15) is 0 Å². The maximum atomic E-state index is 6.12. The Morgan fingerprint density at radius 2 is 2.06 bits per heavy atom. The fourth-order valence-electron chi connectivity index (χ4n) is 1.54. The zero-order valence-corrected chi connectivity index (χ0v) is 13.8. The normalized spacial score (nSPS) is 11.2. The average molecular weight is 394 g/mol. The fourth-order valence-corrected chi connectivity index (χ4v) is 2.45. The number of hydrogen-bond donors (Lipinski definition) is 0. The molecule has 6 heteroatoms. The van der Waals surface area contributed by atoms with Gasteiger partial charge in [-0.25, -0.2) is 9.97 Å². The van der Waals surface area contributed by atoms with Gasteiger partial charge in [0.25, 0.3) is 0 Å². The standard InChI is InChI=1S/C12H11Br2ClN2O/c1-6(2)5-8-9(14)11(15)17-12(16-8)10-7(13)3-4-18-10/h3-4,6H,5H2,1-2H3. The van der Waals surface area contributed by atoms with Gasteiger partial charge in [0.05, 0.1) is 20.9 Å². The van der Waals surface area contributed by atoms with Gasteiger partial charge in [0.15, 0.2) is 11.6 Å². The van der Waals surface area contributed by atoms with E-state index in [1.807, 2.05) is 0 Å². The summed E-state index contributed by atoms with van der Waals surface area (Å²) in [6.45, 7) is 4.26. The topological polar surface area (TPSA) is 38.9 Å². The van der Waals surface area contributed by atoms with Gasteiger partial charge in [-0.15, -0.1) is 0 Å². The number of rotatable bonds is 3. The molecule has 2 heterocycles. The third-order valence-corrected chi connectivity index (χ3v) is 4.26. The van der Waals surface area contributed by atoms with E-state index in [4.69, 9.17) is 16.0 Å². The SMILES string of the molecule is CC(C)Cc1nc(-c2occc2Br)nc(Cl)c1Br. The molecule has 0 saturated carbocycles. The first-order valence-corrected chi connectivity index (χ1v) is 7.40. The molecule has 0 saturated heterocycles. The summed E-state index contributed by atoms with van der Waals surface area (Å²) in [7, 11) is 0. The Kier molecular flexibility index (Phi) is 4.45. The molecular weight excluding hydrogens is 383 g/mol. The van der Waals surface area contributed by atoms with Crippen LogP contribution in [0.5, 0.6) is 0 Å². The van der Waals surface area contributed by atoms with E-state index in [1.165, 1.54) is 0 Å². The monoisotopic (exact) mass is 392 g/mol. The molecule has 0 fully saturated rings. The van der Waals surface area contributed by atoms with E-state index < -0.39 is 0 Å². The maximum absolute atomic E-state index is 6.12. The summed E-state index contributed by atoms with van der Waals surface area (Å²) in [4.78, 5) is 8.74. The van der Waals surface area contributed by atoms with Crippen LogP contribution in [-0.4, -0.2) is 9.97 Å². The first kappa shape index (κ1) is 14.0. The summed E-state index contributed by atoms with van der Waals surface area (Å²) in [5.74, 6) is 1.57. The number of halogens is 3. The molecule has 0 unspecified atom stereocenters. The van der Waals surface area contributed by atoms with Crippen LogP contribution in [0.3, 0.4) is 0 Å². The Bertz CT molecular complexity index is 569. The minimum atomic E-state index is 0.402. The summed E-state index contributed by atoms with van der Waals surface area (Å²) in [6, 6.07) is 1.80. The Morgan fingerprint density at radius 3 is 2.61 bits per heavy atom. The van der Waals surface area contributed by atoms with Gasteiger partial charge in [0.1, 0.15) is 5.15 Å². The van der Waals surface area contributed by atoms with Crippen molar-refractivity contribution in [2.75, 3.05) is 0 Å². The second kappa shape index (κ2) is 5.72. The lowest BCUT2D eigenvalue weighted by Crippen LogP contribution is -2.02. The highest BCUT2D eigenvalue weighted by atomic mass is 79.9. The van der Waals surface area contributed by atoms with Crippen LogP contribution in [0, 0.1) is 5.92 Å². The van der Waals surface area contributed by atoms with Gasteiger partial charge in [-0.2, -0.15) is 0 Å². The van der Waals surface area contributed by atoms with Crippen molar-refractivity contribution in [2.24, 2.45) is 5.92 Å². The molecule has 0 bridgehead atoms. The molecule has 96 valence electrons. The molecule has 0 aromatic carbocycles. The number of aromatic nitrogens is 2. The minimum absolute atomic E-state index is 0.402. The predicted molar refractivity (Wildman–Crippen MR) is 78.7 cm³/mol. The Hall–Kier alpha value is -0.390. The zero-order chi connectivity index (χ0) is 13.3. The maximum Gasteiger partial charge on any atom is 0.198 e. The van der Waals surface area contributed by atoms with E-state index in [2.05, 4.69) is 55.7 Å². The number of hydrogen-bond acceptors (Lipinski definition) is 3. The lowest BCUT2D eigenvalue weighted by Gasteiger charge is -2.09. The quantitative estimate of drug-likeness (QED) is 0.679. The molecule has 0 aliphatic rings. The van der Waals surface area contributed by atoms with Gasteiger partial charge >= 0.3 is 0 Å². The van der Waals surface area contributed by atoms with E-state index in [1.54, 1.807) is 12.3 Å². The van der Waals surface area contributed by atoms with E-state index >= 15 is 0 Å². The third-order valence-electron chi connectivity index (χ3n) is 2.30. The van der Waals surface area contributed by atoms with Crippen molar-refractivity contribution in [3.8, 4) is 11.6 Å². The van der Waals surface area contributed by atoms with Crippen LogP contribution in [0.25, 0.3) is 11.6 Å². The molecule has 0 aliphatic heterocycles. The molecule has 0 radical (unpaired) electrons. The zero-order valence-electron chi connectivity index (χ0n) is 9.88. The molecule has 0 amide bonds. The molecule has 2 rings (SSSR count). The Balaban J connectivity index is 2.51. The summed E-state index contributed by atoms with van der Waals surface area (Å²) in [5.41, 5.74) is 0.892. The smallest absolute Gasteiger partial charge is 0.198 e. The van der Waals surface area contributed by atoms with Crippen LogP contribution in [-0.2, 0) is 6.42 Å². The minimum Gasteiger partial charge on any atom is -0.460 e. The summed E-state index contributed by atoms with van der Waals surface area (Å²) < 4.78 is 6.93. The molecule has 18 heavy (non-hydrogen) atoms. The highest BCUT2D eigenvalue weighted by Gasteiger charge is 2.16. The lowest BCUT2D eigenvalue weighted by atomic mass is 10.1. The molecule has 3 nitrogen and oxygen atoms in total. The van der Waals surface area contributed by atoms with Crippen molar-refractivity contribution in [1.29, 1.82) is 0 Å². The summed E-state index contributed by atoms with van der Waals surface area (Å²) >= 11 is 12.9. The van der Waals surface area contributed by atoms with E-state index in [0.29, 0.717) is 22.7 Å². The molecule has 0 aliphatic carbocycles. The van der Waals surface area contributed by atoms with Gasteiger partial charge in [0, 0.05) is 0 Å². The third kappa shape index (κ3) is 2.95. The van der Waals surface area contributed by atoms with Crippen LogP contribution in [0.15, 0.2) is 25.7 Å². The largest absolute Gasteiger partial charge is 0.460 e. The molecule has 0 spiro atoms. The van der Waals surface area contributed by atoms with Crippen LogP contribution in [0.1, 0.15) is 19.5 Å². The summed E-state index contributed by atoms with van der Waals surface area (Å²) in [5, 5.41) is 0.402. The molecule has 2 aromatic rings. The van der Waals surface area contributed by atoms with Gasteiger partial charge in [0.2, 0.25) is 0 Å². The van der Waals surface area contributed by atoms with Crippen molar-refractivity contribution in [3.63, 3.8) is 0 Å². The highest BCUT2D eigenvalue weighted by molar-refractivity contribution is 9.11. The predicted octanol–water partition coefficient (Wildman–Crippen LogP) is 5.11. The van der Waals surface area contributed by atoms with Gasteiger partial charge in [-0.05, 0) is 50.3 Å². The van der Waals surface area contributed by atoms with Crippen LogP contribution < -0.4 is 0 Å². The van der Waals surface area contributed by atoms with Gasteiger partial charge < -0.3 is 4.42 Å². The van der Waals surface area contributed by atoms with E-state index in [0.717, 1.165) is 21.1 Å². The van der Waals surface area contributed by atoms with Crippen molar-refractivity contribution < 1.29 is 4.42 Å². The molecule has 0 atom stereocenters. The lowest BCUT2D eigenvalue weighted by molar-refractivity contribution is 0.573. The van der Waals surface area contributed by atoms with Crippen molar-refractivity contribution in [1.82, 2.24) is 9.97 Å². The van der Waals surface area contributed by atoms with E-state index in [-0.39, 0.29) is 0 Å². The Labute approximate surface area is 127 Å². The van der Waals surface area contributed by atoms with Gasteiger partial charge in [-0.1, -0.05) is 25.4 Å². The van der Waals surface area contributed by atoms with Crippen molar-refractivity contribution >= 4 is 43.5 Å². The van der Waals surface area contributed by atoms with Crippen LogP contribution >= 0.6 is 43.5 Å². The second-order valence-corrected chi connectivity index (χ2v) is 6.30. The van der Waals surface area contributed by atoms with Crippen molar-refractivity contribution in [3.05, 3.63) is 32.1 Å². The second-order valence-electron chi connectivity index (χ2n) is 4.29. The molecule has 0 N–H and O–H groups in total. The average Bonchev–Trinajstić information content (AvgIpc) is 2.70. The first-order chi connectivity index (χ1) is 8.49. The van der Waals surface area contributed by atoms with Crippen LogP contribution in [0.2, 0.25) is 5.15 Å². The summed E-state index contributed by atoms with van der Waals surface area (Å²) in [6.07, 6.45) is 2.41. The Morgan fingerprint density at radius 1 is 1.33 bits per heavy atom. The van der Waals surface area contributed by atoms with Gasteiger partial charge in [-0.3, -0.25) is 0 Å². The number of nitrogens with zero attached hydrogens (tertiary/aromatic N) is 2. The highest BCUT2D eigenvalue weighted by Crippen LogP contribution is 2.31.